The fourth-order valence-corrected chi connectivity index (χ4v) is 3.16. The van der Waals surface area contributed by atoms with Crippen molar-refractivity contribution in [3.05, 3.63) is 77.6 Å². The van der Waals surface area contributed by atoms with Gasteiger partial charge in [0, 0.05) is 11.8 Å². The second kappa shape index (κ2) is 7.07. The molecule has 4 rings (SSSR count). The minimum Gasteiger partial charge on any atom is -0.465 e. The first kappa shape index (κ1) is 17.0. The molecule has 0 radical (unpaired) electrons. The quantitative estimate of drug-likeness (QED) is 0.570. The van der Waals surface area contributed by atoms with Crippen molar-refractivity contribution in [1.29, 1.82) is 0 Å². The molecular weight excluding hydrogens is 338 g/mol. The van der Waals surface area contributed by atoms with Gasteiger partial charge in [0.25, 0.3) is 0 Å². The minimum absolute atomic E-state index is 0.540. The summed E-state index contributed by atoms with van der Waals surface area (Å²) in [5.41, 5.74) is 4.89. The van der Waals surface area contributed by atoms with Crippen molar-refractivity contribution >= 4 is 5.95 Å². The molecule has 0 bridgehead atoms. The van der Waals surface area contributed by atoms with Crippen molar-refractivity contribution < 1.29 is 4.42 Å². The van der Waals surface area contributed by atoms with E-state index in [2.05, 4.69) is 22.2 Å². The van der Waals surface area contributed by atoms with E-state index >= 15 is 0 Å². The van der Waals surface area contributed by atoms with Crippen LogP contribution in [0.15, 0.2) is 59.1 Å². The van der Waals surface area contributed by atoms with Crippen LogP contribution in [0, 0.1) is 20.8 Å². The zero-order valence-corrected chi connectivity index (χ0v) is 15.6. The molecule has 0 atom stereocenters. The van der Waals surface area contributed by atoms with Crippen LogP contribution in [0.25, 0.3) is 16.9 Å². The van der Waals surface area contributed by atoms with Crippen LogP contribution in [-0.2, 0) is 6.54 Å². The second-order valence-corrected chi connectivity index (χ2v) is 6.42. The molecule has 1 aromatic carbocycles. The molecular formula is C21H21N5O. The smallest absolute Gasteiger partial charge is 0.223 e. The number of hydrogen-bond acceptors (Lipinski definition) is 5. The molecule has 0 aliphatic heterocycles. The minimum atomic E-state index is 0.540. The van der Waals surface area contributed by atoms with Crippen molar-refractivity contribution in [1.82, 2.24) is 19.7 Å². The third kappa shape index (κ3) is 3.46. The number of benzene rings is 1. The van der Waals surface area contributed by atoms with Crippen molar-refractivity contribution in [2.45, 2.75) is 27.3 Å². The highest BCUT2D eigenvalue weighted by Crippen LogP contribution is 2.27. The monoisotopic (exact) mass is 359 g/mol. The van der Waals surface area contributed by atoms with Gasteiger partial charge in [-0.15, -0.1) is 0 Å². The van der Waals surface area contributed by atoms with Crippen LogP contribution in [0.3, 0.4) is 0 Å². The van der Waals surface area contributed by atoms with Gasteiger partial charge in [-0.1, -0.05) is 18.2 Å². The highest BCUT2D eigenvalue weighted by molar-refractivity contribution is 5.66. The summed E-state index contributed by atoms with van der Waals surface area (Å²) < 4.78 is 7.53. The molecule has 3 aromatic heterocycles. The third-order valence-electron chi connectivity index (χ3n) is 4.42. The number of anilines is 1. The van der Waals surface area contributed by atoms with E-state index in [4.69, 9.17) is 9.52 Å². The van der Waals surface area contributed by atoms with Gasteiger partial charge in [0.15, 0.2) is 0 Å². The lowest BCUT2D eigenvalue weighted by atomic mass is 10.1. The fraction of sp³-hybridized carbons (Fsp3) is 0.190. The maximum absolute atomic E-state index is 5.58. The SMILES string of the molecule is Cc1ccc(CNc2nccc(-c3c(C)nn(-c4ccccc4)c3C)n2)o1. The Hall–Kier alpha value is -3.41. The Morgan fingerprint density at radius 2 is 1.81 bits per heavy atom. The summed E-state index contributed by atoms with van der Waals surface area (Å²) in [4.78, 5) is 9.00. The van der Waals surface area contributed by atoms with E-state index in [9.17, 15) is 0 Å². The van der Waals surface area contributed by atoms with E-state index in [1.54, 1.807) is 6.20 Å². The summed E-state index contributed by atoms with van der Waals surface area (Å²) in [6, 6.07) is 15.9. The number of nitrogens with zero attached hydrogens (tertiary/aromatic N) is 4. The largest absolute Gasteiger partial charge is 0.465 e. The summed E-state index contributed by atoms with van der Waals surface area (Å²) in [6.45, 7) is 6.53. The average Bonchev–Trinajstić information content (AvgIpc) is 3.23. The molecule has 0 amide bonds. The van der Waals surface area contributed by atoms with Gasteiger partial charge in [-0.05, 0) is 51.1 Å². The molecule has 0 aliphatic carbocycles. The van der Waals surface area contributed by atoms with Crippen LogP contribution in [0.1, 0.15) is 22.9 Å². The van der Waals surface area contributed by atoms with Crippen LogP contribution >= 0.6 is 0 Å². The summed E-state index contributed by atoms with van der Waals surface area (Å²) in [5, 5.41) is 7.92. The predicted octanol–water partition coefficient (Wildman–Crippen LogP) is 4.46. The Morgan fingerprint density at radius 3 is 2.56 bits per heavy atom. The second-order valence-electron chi connectivity index (χ2n) is 6.42. The molecule has 6 nitrogen and oxygen atoms in total. The maximum atomic E-state index is 5.58. The highest BCUT2D eigenvalue weighted by atomic mass is 16.3. The number of aryl methyl sites for hydroxylation is 2. The van der Waals surface area contributed by atoms with Gasteiger partial charge in [0.05, 0.1) is 29.3 Å². The van der Waals surface area contributed by atoms with E-state index in [0.717, 1.165) is 39.9 Å². The molecule has 0 saturated carbocycles. The lowest BCUT2D eigenvalue weighted by Crippen LogP contribution is -2.03. The topological polar surface area (TPSA) is 68.8 Å². The molecule has 0 unspecified atom stereocenters. The Labute approximate surface area is 157 Å². The molecule has 3 heterocycles. The van der Waals surface area contributed by atoms with Gasteiger partial charge >= 0.3 is 0 Å². The zero-order chi connectivity index (χ0) is 18.8. The van der Waals surface area contributed by atoms with Gasteiger partial charge in [0.1, 0.15) is 11.5 Å². The van der Waals surface area contributed by atoms with Crippen LogP contribution in [0.4, 0.5) is 5.95 Å². The average molecular weight is 359 g/mol. The summed E-state index contributed by atoms with van der Waals surface area (Å²) in [5.74, 6) is 2.31. The molecule has 0 saturated heterocycles. The molecule has 0 aliphatic rings. The fourth-order valence-electron chi connectivity index (χ4n) is 3.16. The Kier molecular flexibility index (Phi) is 4.46. The van der Waals surface area contributed by atoms with Crippen molar-refractivity contribution in [2.24, 2.45) is 0 Å². The lowest BCUT2D eigenvalue weighted by Gasteiger charge is -2.07. The van der Waals surface area contributed by atoms with Crippen LogP contribution in [0.5, 0.6) is 0 Å². The van der Waals surface area contributed by atoms with E-state index in [-0.39, 0.29) is 0 Å². The number of para-hydroxylation sites is 1. The van der Waals surface area contributed by atoms with Crippen molar-refractivity contribution in [3.8, 4) is 16.9 Å². The van der Waals surface area contributed by atoms with Gasteiger partial charge < -0.3 is 9.73 Å². The Balaban J connectivity index is 1.63. The number of aromatic nitrogens is 4. The van der Waals surface area contributed by atoms with E-state index in [1.165, 1.54) is 0 Å². The third-order valence-corrected chi connectivity index (χ3v) is 4.42. The van der Waals surface area contributed by atoms with Crippen LogP contribution in [0.2, 0.25) is 0 Å². The lowest BCUT2D eigenvalue weighted by molar-refractivity contribution is 0.490. The van der Waals surface area contributed by atoms with E-state index in [1.807, 2.05) is 67.1 Å². The van der Waals surface area contributed by atoms with Crippen molar-refractivity contribution in [3.63, 3.8) is 0 Å². The number of furan rings is 1. The van der Waals surface area contributed by atoms with Gasteiger partial charge in [0.2, 0.25) is 5.95 Å². The van der Waals surface area contributed by atoms with Gasteiger partial charge in [-0.2, -0.15) is 5.10 Å². The number of rotatable bonds is 5. The van der Waals surface area contributed by atoms with Gasteiger partial charge in [-0.3, -0.25) is 0 Å². The number of nitrogens with one attached hydrogen (secondary N) is 1. The Bertz CT molecular complexity index is 1070. The molecule has 27 heavy (non-hydrogen) atoms. The first-order valence-electron chi connectivity index (χ1n) is 8.86. The normalized spacial score (nSPS) is 10.9. The number of hydrogen-bond donors (Lipinski definition) is 1. The summed E-state index contributed by atoms with van der Waals surface area (Å²) in [7, 11) is 0. The van der Waals surface area contributed by atoms with Crippen molar-refractivity contribution in [2.75, 3.05) is 5.32 Å². The first-order valence-corrected chi connectivity index (χ1v) is 8.86. The van der Waals surface area contributed by atoms with Gasteiger partial charge in [-0.25, -0.2) is 14.6 Å². The predicted molar refractivity (Wildman–Crippen MR) is 105 cm³/mol. The standard InChI is InChI=1S/C21H21N5O/c1-14-9-10-18(27-14)13-23-21-22-12-11-19(24-21)20-15(2)25-26(16(20)3)17-7-5-4-6-8-17/h4-12H,13H2,1-3H3,(H,22,23,24). The van der Waals surface area contributed by atoms with Crippen LogP contribution < -0.4 is 5.32 Å². The van der Waals surface area contributed by atoms with Crippen LogP contribution in [-0.4, -0.2) is 19.7 Å². The molecule has 0 spiro atoms. The molecule has 0 fully saturated rings. The molecule has 4 aromatic rings. The first-order chi connectivity index (χ1) is 13.1. The Morgan fingerprint density at radius 1 is 1.00 bits per heavy atom. The molecule has 6 heteroatoms. The molecule has 136 valence electrons. The van der Waals surface area contributed by atoms with E-state index in [0.29, 0.717) is 12.5 Å². The molecule has 1 N–H and O–H groups in total. The van der Waals surface area contributed by atoms with E-state index < -0.39 is 0 Å². The maximum Gasteiger partial charge on any atom is 0.223 e. The summed E-state index contributed by atoms with van der Waals surface area (Å²) in [6.07, 6.45) is 1.76. The zero-order valence-electron chi connectivity index (χ0n) is 15.6. The summed E-state index contributed by atoms with van der Waals surface area (Å²) >= 11 is 0. The highest BCUT2D eigenvalue weighted by Gasteiger charge is 2.16.